The molecule has 0 aliphatic rings. The summed E-state index contributed by atoms with van der Waals surface area (Å²) in [6, 6.07) is 5.96. The number of nitrogens with zero attached hydrogens (tertiary/aromatic N) is 4. The van der Waals surface area contributed by atoms with E-state index in [1.807, 2.05) is 25.1 Å². The highest BCUT2D eigenvalue weighted by Crippen LogP contribution is 2.25. The molecule has 0 bridgehead atoms. The molecule has 17 heavy (non-hydrogen) atoms. The Bertz CT molecular complexity index is 508. The molecule has 1 N–H and O–H groups in total. The van der Waals surface area contributed by atoms with Crippen LogP contribution < -0.4 is 10.1 Å². The summed E-state index contributed by atoms with van der Waals surface area (Å²) in [5.41, 5.74) is 2.10. The fourth-order valence-corrected chi connectivity index (χ4v) is 1.53. The lowest BCUT2D eigenvalue weighted by Gasteiger charge is -2.10. The van der Waals surface area contributed by atoms with Crippen molar-refractivity contribution < 1.29 is 4.74 Å². The molecule has 0 aliphatic heterocycles. The quantitative estimate of drug-likeness (QED) is 0.857. The Hall–Kier alpha value is -2.11. The monoisotopic (exact) mass is 233 g/mol. The minimum atomic E-state index is 0.521. The van der Waals surface area contributed by atoms with Crippen LogP contribution in [-0.2, 0) is 13.6 Å². The maximum Gasteiger partial charge on any atom is 0.193 e. The zero-order chi connectivity index (χ0) is 12.3. The third kappa shape index (κ3) is 2.72. The van der Waals surface area contributed by atoms with Gasteiger partial charge in [-0.15, -0.1) is 10.2 Å². The van der Waals surface area contributed by atoms with Crippen molar-refractivity contribution in [2.75, 3.05) is 12.4 Å². The molecule has 0 saturated carbocycles. The first kappa shape index (κ1) is 11.4. The first-order valence-electron chi connectivity index (χ1n) is 5.30. The van der Waals surface area contributed by atoms with Gasteiger partial charge in [0.1, 0.15) is 5.75 Å². The number of anilines is 1. The van der Waals surface area contributed by atoms with E-state index in [2.05, 4.69) is 20.7 Å². The van der Waals surface area contributed by atoms with E-state index in [4.69, 9.17) is 4.74 Å². The molecule has 0 saturated heterocycles. The van der Waals surface area contributed by atoms with Crippen LogP contribution in [0.25, 0.3) is 0 Å². The van der Waals surface area contributed by atoms with Gasteiger partial charge in [0.05, 0.1) is 26.4 Å². The predicted molar refractivity (Wildman–Crippen MR) is 63.9 cm³/mol. The molecule has 0 amide bonds. The van der Waals surface area contributed by atoms with E-state index >= 15 is 0 Å². The van der Waals surface area contributed by atoms with Crippen LogP contribution in [0.1, 0.15) is 11.4 Å². The van der Waals surface area contributed by atoms with E-state index in [0.29, 0.717) is 12.4 Å². The van der Waals surface area contributed by atoms with Crippen molar-refractivity contribution in [2.24, 2.45) is 7.05 Å². The fourth-order valence-electron chi connectivity index (χ4n) is 1.53. The summed E-state index contributed by atoms with van der Waals surface area (Å²) in [4.78, 5) is 1.44. The first-order valence-corrected chi connectivity index (χ1v) is 5.30. The summed E-state index contributed by atoms with van der Waals surface area (Å²) < 4.78 is 5.27. The molecule has 1 aromatic heterocycles. The molecule has 2 aromatic rings. The number of benzene rings is 1. The van der Waals surface area contributed by atoms with Crippen molar-refractivity contribution in [3.63, 3.8) is 0 Å². The number of rotatable bonds is 4. The highest BCUT2D eigenvalue weighted by Gasteiger charge is 2.05. The van der Waals surface area contributed by atoms with Gasteiger partial charge in [0, 0.05) is 0 Å². The van der Waals surface area contributed by atoms with Crippen molar-refractivity contribution in [1.29, 1.82) is 0 Å². The number of ether oxygens (including phenoxy) is 1. The maximum atomic E-state index is 5.27. The number of aryl methyl sites for hydroxylation is 2. The van der Waals surface area contributed by atoms with Gasteiger partial charge in [0.15, 0.2) is 5.82 Å². The number of tetrazole rings is 1. The first-order chi connectivity index (χ1) is 8.19. The highest BCUT2D eigenvalue weighted by atomic mass is 16.5. The van der Waals surface area contributed by atoms with Gasteiger partial charge < -0.3 is 10.1 Å². The molecule has 90 valence electrons. The van der Waals surface area contributed by atoms with Crippen LogP contribution in [-0.4, -0.2) is 27.3 Å². The predicted octanol–water partition coefficient (Wildman–Crippen LogP) is 1.14. The van der Waals surface area contributed by atoms with Gasteiger partial charge in [-0.2, -0.15) is 4.80 Å². The van der Waals surface area contributed by atoms with Gasteiger partial charge in [-0.25, -0.2) is 0 Å². The second kappa shape index (κ2) is 4.82. The standard InChI is InChI=1S/C11H15N5O/c1-8-4-5-10(17-3)9(6-8)12-7-11-13-15-16(2)14-11/h4-6,12H,7H2,1-3H3. The van der Waals surface area contributed by atoms with E-state index < -0.39 is 0 Å². The van der Waals surface area contributed by atoms with Crippen molar-refractivity contribution in [3.05, 3.63) is 29.6 Å². The molecule has 2 rings (SSSR count). The molecule has 0 atom stereocenters. The van der Waals surface area contributed by atoms with Crippen LogP contribution in [0, 0.1) is 6.92 Å². The average molecular weight is 233 g/mol. The Morgan fingerprint density at radius 2 is 2.24 bits per heavy atom. The Balaban J connectivity index is 2.10. The summed E-state index contributed by atoms with van der Waals surface area (Å²) >= 11 is 0. The number of nitrogens with one attached hydrogen (secondary N) is 1. The van der Waals surface area contributed by atoms with Crippen LogP contribution in [0.5, 0.6) is 5.75 Å². The van der Waals surface area contributed by atoms with Crippen molar-refractivity contribution >= 4 is 5.69 Å². The number of aromatic nitrogens is 4. The summed E-state index contributed by atoms with van der Waals surface area (Å²) in [5, 5.41) is 15.0. The summed E-state index contributed by atoms with van der Waals surface area (Å²) in [7, 11) is 3.39. The molecular weight excluding hydrogens is 218 g/mol. The van der Waals surface area contributed by atoms with Crippen LogP contribution in [0.2, 0.25) is 0 Å². The van der Waals surface area contributed by atoms with Gasteiger partial charge in [-0.05, 0) is 29.8 Å². The maximum absolute atomic E-state index is 5.27. The molecule has 0 aliphatic carbocycles. The van der Waals surface area contributed by atoms with Gasteiger partial charge >= 0.3 is 0 Å². The van der Waals surface area contributed by atoms with Crippen LogP contribution >= 0.6 is 0 Å². The Kier molecular flexibility index (Phi) is 3.22. The SMILES string of the molecule is COc1ccc(C)cc1NCc1nnn(C)n1. The van der Waals surface area contributed by atoms with E-state index in [0.717, 1.165) is 11.4 Å². The molecule has 0 fully saturated rings. The second-order valence-electron chi connectivity index (χ2n) is 3.75. The molecule has 0 spiro atoms. The van der Waals surface area contributed by atoms with Gasteiger partial charge in [-0.1, -0.05) is 6.07 Å². The molecule has 1 aromatic carbocycles. The lowest BCUT2D eigenvalue weighted by atomic mass is 10.2. The van der Waals surface area contributed by atoms with E-state index in [9.17, 15) is 0 Å². The minimum Gasteiger partial charge on any atom is -0.495 e. The molecular formula is C11H15N5O. The third-order valence-electron chi connectivity index (χ3n) is 2.34. The lowest BCUT2D eigenvalue weighted by molar-refractivity contribution is 0.416. The Morgan fingerprint density at radius 3 is 2.88 bits per heavy atom. The lowest BCUT2D eigenvalue weighted by Crippen LogP contribution is -2.04. The summed E-state index contributed by atoms with van der Waals surface area (Å²) in [6.07, 6.45) is 0. The Morgan fingerprint density at radius 1 is 1.41 bits per heavy atom. The summed E-state index contributed by atoms with van der Waals surface area (Å²) in [6.45, 7) is 2.55. The van der Waals surface area contributed by atoms with E-state index in [1.165, 1.54) is 10.4 Å². The molecule has 6 nitrogen and oxygen atoms in total. The van der Waals surface area contributed by atoms with Gasteiger partial charge in [0.2, 0.25) is 0 Å². The molecule has 0 unspecified atom stereocenters. The zero-order valence-corrected chi connectivity index (χ0v) is 10.1. The molecule has 1 heterocycles. The van der Waals surface area contributed by atoms with E-state index in [1.54, 1.807) is 14.2 Å². The number of hydrogen-bond donors (Lipinski definition) is 1. The van der Waals surface area contributed by atoms with Crippen molar-refractivity contribution in [2.45, 2.75) is 13.5 Å². The zero-order valence-electron chi connectivity index (χ0n) is 10.1. The topological polar surface area (TPSA) is 64.9 Å². The van der Waals surface area contributed by atoms with Crippen LogP contribution in [0.3, 0.4) is 0 Å². The smallest absolute Gasteiger partial charge is 0.193 e. The highest BCUT2D eigenvalue weighted by molar-refractivity contribution is 5.57. The fraction of sp³-hybridized carbons (Fsp3) is 0.364. The largest absolute Gasteiger partial charge is 0.495 e. The van der Waals surface area contributed by atoms with Crippen molar-refractivity contribution in [1.82, 2.24) is 20.2 Å². The van der Waals surface area contributed by atoms with E-state index in [-0.39, 0.29) is 0 Å². The molecule has 6 heteroatoms. The number of methoxy groups -OCH3 is 1. The second-order valence-corrected chi connectivity index (χ2v) is 3.75. The van der Waals surface area contributed by atoms with Crippen LogP contribution in [0.15, 0.2) is 18.2 Å². The van der Waals surface area contributed by atoms with Gasteiger partial charge in [0.25, 0.3) is 0 Å². The minimum absolute atomic E-state index is 0.521. The number of hydrogen-bond acceptors (Lipinski definition) is 5. The van der Waals surface area contributed by atoms with Crippen molar-refractivity contribution in [3.8, 4) is 5.75 Å². The van der Waals surface area contributed by atoms with Gasteiger partial charge in [-0.3, -0.25) is 0 Å². The third-order valence-corrected chi connectivity index (χ3v) is 2.34. The Labute approximate surface area is 99.6 Å². The summed E-state index contributed by atoms with van der Waals surface area (Å²) in [5.74, 6) is 1.45. The average Bonchev–Trinajstić information content (AvgIpc) is 2.73. The molecule has 0 radical (unpaired) electrons. The normalized spacial score (nSPS) is 10.3. The van der Waals surface area contributed by atoms with Crippen LogP contribution in [0.4, 0.5) is 5.69 Å².